The smallest absolute Gasteiger partial charge is 0.254 e. The molecular formula is C17H19N5. The number of benzene rings is 1. The Kier molecular flexibility index (Phi) is 3.06. The van der Waals surface area contributed by atoms with E-state index in [1.54, 1.807) is 4.52 Å². The van der Waals surface area contributed by atoms with Crippen LogP contribution < -0.4 is 5.32 Å². The first-order valence-electron chi connectivity index (χ1n) is 7.79. The Morgan fingerprint density at radius 3 is 2.68 bits per heavy atom. The van der Waals surface area contributed by atoms with Gasteiger partial charge >= 0.3 is 0 Å². The Labute approximate surface area is 129 Å². The number of nitrogens with one attached hydrogen (secondary N) is 1. The quantitative estimate of drug-likeness (QED) is 0.787. The average Bonchev–Trinajstić information content (AvgIpc) is 2.87. The minimum atomic E-state index is 0.637. The van der Waals surface area contributed by atoms with Crippen LogP contribution in [0, 0.1) is 13.8 Å². The van der Waals surface area contributed by atoms with Crippen LogP contribution >= 0.6 is 0 Å². The van der Waals surface area contributed by atoms with Crippen molar-refractivity contribution in [3.05, 3.63) is 46.9 Å². The number of hydrogen-bond acceptors (Lipinski definition) is 4. The molecule has 3 aromatic rings. The highest BCUT2D eigenvalue weighted by Crippen LogP contribution is 2.26. The van der Waals surface area contributed by atoms with Crippen LogP contribution in [0.15, 0.2) is 24.3 Å². The summed E-state index contributed by atoms with van der Waals surface area (Å²) in [5.41, 5.74) is 4.98. The molecule has 22 heavy (non-hydrogen) atoms. The lowest BCUT2D eigenvalue weighted by molar-refractivity contribution is 0.686. The van der Waals surface area contributed by atoms with Crippen LogP contribution in [0.5, 0.6) is 0 Å². The second-order valence-electron chi connectivity index (χ2n) is 5.97. The molecule has 0 unspecified atom stereocenters. The molecule has 0 saturated carbocycles. The van der Waals surface area contributed by atoms with E-state index in [0.29, 0.717) is 5.78 Å². The number of fused-ring (bicyclic) bond motifs is 2. The van der Waals surface area contributed by atoms with E-state index in [4.69, 9.17) is 0 Å². The lowest BCUT2D eigenvalue weighted by Gasteiger charge is -2.17. The monoisotopic (exact) mass is 293 g/mol. The van der Waals surface area contributed by atoms with Gasteiger partial charge in [0.2, 0.25) is 0 Å². The average molecular weight is 293 g/mol. The van der Waals surface area contributed by atoms with Gasteiger partial charge in [0, 0.05) is 17.4 Å². The van der Waals surface area contributed by atoms with Crippen LogP contribution in [0.4, 0.5) is 11.5 Å². The van der Waals surface area contributed by atoms with Gasteiger partial charge in [-0.25, -0.2) is 4.98 Å². The van der Waals surface area contributed by atoms with Gasteiger partial charge in [-0.3, -0.25) is 0 Å². The molecule has 0 saturated heterocycles. The van der Waals surface area contributed by atoms with Crippen molar-refractivity contribution in [1.82, 2.24) is 19.6 Å². The van der Waals surface area contributed by atoms with E-state index < -0.39 is 0 Å². The molecule has 0 amide bonds. The fourth-order valence-corrected chi connectivity index (χ4v) is 3.13. The summed E-state index contributed by atoms with van der Waals surface area (Å²) in [7, 11) is 0. The summed E-state index contributed by atoms with van der Waals surface area (Å²) < 4.78 is 1.77. The Balaban J connectivity index is 1.74. The number of aromatic nitrogens is 4. The molecule has 0 fully saturated rings. The lowest BCUT2D eigenvalue weighted by atomic mass is 9.91. The molecule has 0 spiro atoms. The van der Waals surface area contributed by atoms with Crippen LogP contribution in [0.2, 0.25) is 0 Å². The van der Waals surface area contributed by atoms with Gasteiger partial charge in [-0.1, -0.05) is 6.07 Å². The third-order valence-corrected chi connectivity index (χ3v) is 4.17. The van der Waals surface area contributed by atoms with E-state index >= 15 is 0 Å². The Bertz CT molecular complexity index is 850. The van der Waals surface area contributed by atoms with Crippen molar-refractivity contribution in [2.75, 3.05) is 5.32 Å². The van der Waals surface area contributed by atoms with Crippen molar-refractivity contribution < 1.29 is 0 Å². The molecule has 1 aliphatic rings. The second-order valence-corrected chi connectivity index (χ2v) is 5.97. The SMILES string of the molecule is Cc1cc(Nc2ccc3c(c2)CCCC3)n2nc(C)nc2n1. The highest BCUT2D eigenvalue weighted by molar-refractivity contribution is 5.60. The first-order valence-corrected chi connectivity index (χ1v) is 7.79. The normalized spacial score (nSPS) is 14.1. The molecule has 112 valence electrons. The maximum atomic E-state index is 4.42. The van der Waals surface area contributed by atoms with Crippen molar-refractivity contribution in [3.8, 4) is 0 Å². The molecule has 4 rings (SSSR count). The number of hydrogen-bond donors (Lipinski definition) is 1. The molecule has 1 N–H and O–H groups in total. The van der Waals surface area contributed by atoms with Crippen LogP contribution in [0.3, 0.4) is 0 Å². The van der Waals surface area contributed by atoms with Gasteiger partial charge < -0.3 is 5.32 Å². The van der Waals surface area contributed by atoms with E-state index in [1.807, 2.05) is 19.9 Å². The van der Waals surface area contributed by atoms with Crippen molar-refractivity contribution in [2.45, 2.75) is 39.5 Å². The zero-order chi connectivity index (χ0) is 15.1. The molecule has 0 radical (unpaired) electrons. The standard InChI is InChI=1S/C17H19N5/c1-11-9-16(22-17(18-11)19-12(2)21-22)20-15-8-7-13-5-3-4-6-14(13)10-15/h7-10,20H,3-6H2,1-2H3. The third kappa shape index (κ3) is 2.32. The van der Waals surface area contributed by atoms with Gasteiger partial charge in [0.15, 0.2) is 0 Å². The zero-order valence-corrected chi connectivity index (χ0v) is 12.9. The largest absolute Gasteiger partial charge is 0.340 e. The summed E-state index contributed by atoms with van der Waals surface area (Å²) in [4.78, 5) is 8.77. The van der Waals surface area contributed by atoms with Gasteiger partial charge in [-0.2, -0.15) is 9.50 Å². The van der Waals surface area contributed by atoms with Crippen LogP contribution in [-0.2, 0) is 12.8 Å². The van der Waals surface area contributed by atoms with Crippen molar-refractivity contribution in [3.63, 3.8) is 0 Å². The molecule has 5 nitrogen and oxygen atoms in total. The van der Waals surface area contributed by atoms with Gasteiger partial charge in [0.1, 0.15) is 11.6 Å². The zero-order valence-electron chi connectivity index (χ0n) is 12.9. The molecule has 1 aromatic carbocycles. The van der Waals surface area contributed by atoms with Gasteiger partial charge in [0.05, 0.1) is 0 Å². The number of rotatable bonds is 2. The molecule has 5 heteroatoms. The first-order chi connectivity index (χ1) is 10.7. The molecule has 0 atom stereocenters. The van der Waals surface area contributed by atoms with E-state index in [1.165, 1.54) is 36.8 Å². The highest BCUT2D eigenvalue weighted by atomic mass is 15.4. The summed E-state index contributed by atoms with van der Waals surface area (Å²) in [6, 6.07) is 8.66. The summed E-state index contributed by atoms with van der Waals surface area (Å²) in [6.07, 6.45) is 4.98. The fraction of sp³-hybridized carbons (Fsp3) is 0.353. The van der Waals surface area contributed by atoms with Crippen molar-refractivity contribution >= 4 is 17.3 Å². The van der Waals surface area contributed by atoms with Gasteiger partial charge in [-0.05, 0) is 62.8 Å². The summed E-state index contributed by atoms with van der Waals surface area (Å²) >= 11 is 0. The first kappa shape index (κ1) is 13.2. The number of aryl methyl sites for hydroxylation is 4. The van der Waals surface area contributed by atoms with E-state index in [2.05, 4.69) is 38.6 Å². The van der Waals surface area contributed by atoms with Gasteiger partial charge in [-0.15, -0.1) is 5.10 Å². The van der Waals surface area contributed by atoms with Crippen LogP contribution in [0.1, 0.15) is 35.5 Å². The molecule has 2 aromatic heterocycles. The van der Waals surface area contributed by atoms with Gasteiger partial charge in [0.25, 0.3) is 5.78 Å². The minimum absolute atomic E-state index is 0.637. The third-order valence-electron chi connectivity index (χ3n) is 4.17. The second kappa shape index (κ2) is 5.09. The van der Waals surface area contributed by atoms with E-state index in [0.717, 1.165) is 23.0 Å². The maximum absolute atomic E-state index is 4.42. The summed E-state index contributed by atoms with van der Waals surface area (Å²) in [5.74, 6) is 2.27. The minimum Gasteiger partial charge on any atom is -0.340 e. The topological polar surface area (TPSA) is 55.1 Å². The fourth-order valence-electron chi connectivity index (χ4n) is 3.13. The molecule has 0 bridgehead atoms. The molecule has 0 aliphatic heterocycles. The van der Waals surface area contributed by atoms with Crippen molar-refractivity contribution in [1.29, 1.82) is 0 Å². The predicted octanol–water partition coefficient (Wildman–Crippen LogP) is 3.36. The van der Waals surface area contributed by atoms with E-state index in [-0.39, 0.29) is 0 Å². The summed E-state index contributed by atoms with van der Waals surface area (Å²) in [5, 5.41) is 7.89. The Morgan fingerprint density at radius 2 is 1.82 bits per heavy atom. The van der Waals surface area contributed by atoms with Crippen molar-refractivity contribution in [2.24, 2.45) is 0 Å². The maximum Gasteiger partial charge on any atom is 0.254 e. The molecule has 1 aliphatic carbocycles. The Hall–Kier alpha value is -2.43. The highest BCUT2D eigenvalue weighted by Gasteiger charge is 2.11. The van der Waals surface area contributed by atoms with Crippen LogP contribution in [-0.4, -0.2) is 19.6 Å². The Morgan fingerprint density at radius 1 is 1.00 bits per heavy atom. The molecular weight excluding hydrogens is 274 g/mol. The molecule has 2 heterocycles. The van der Waals surface area contributed by atoms with Crippen LogP contribution in [0.25, 0.3) is 5.78 Å². The predicted molar refractivity (Wildman–Crippen MR) is 86.6 cm³/mol. The van der Waals surface area contributed by atoms with E-state index in [9.17, 15) is 0 Å². The lowest BCUT2D eigenvalue weighted by Crippen LogP contribution is -2.05. The number of nitrogens with zero attached hydrogens (tertiary/aromatic N) is 4. The number of anilines is 2. The summed E-state index contributed by atoms with van der Waals surface area (Å²) in [6.45, 7) is 3.86.